The van der Waals surface area contributed by atoms with Crippen molar-refractivity contribution in [1.29, 1.82) is 0 Å². The Morgan fingerprint density at radius 2 is 2.06 bits per heavy atom. The molecule has 7 heteroatoms. The van der Waals surface area contributed by atoms with E-state index in [0.717, 1.165) is 47.0 Å². The van der Waals surface area contributed by atoms with E-state index in [1.165, 1.54) is 6.07 Å². The zero-order valence-corrected chi connectivity index (χ0v) is 19.6. The Morgan fingerprint density at radius 3 is 2.79 bits per heavy atom. The number of hydrogen-bond acceptors (Lipinski definition) is 5. The quantitative estimate of drug-likeness (QED) is 0.557. The van der Waals surface area contributed by atoms with Gasteiger partial charge in [0, 0.05) is 47.4 Å². The molecule has 3 aromatic rings. The van der Waals surface area contributed by atoms with Crippen molar-refractivity contribution in [2.45, 2.75) is 52.2 Å². The van der Waals surface area contributed by atoms with Gasteiger partial charge >= 0.3 is 6.09 Å². The van der Waals surface area contributed by atoms with Crippen molar-refractivity contribution in [3.8, 4) is 11.1 Å². The molecule has 2 aromatic carbocycles. The number of nitrogens with zero attached hydrogens (tertiary/aromatic N) is 2. The molecule has 4 rings (SSSR count). The molecule has 1 saturated heterocycles. The summed E-state index contributed by atoms with van der Waals surface area (Å²) < 4.78 is 20.2. The summed E-state index contributed by atoms with van der Waals surface area (Å²) >= 11 is 0. The zero-order valence-electron chi connectivity index (χ0n) is 19.6. The summed E-state index contributed by atoms with van der Waals surface area (Å²) in [4.78, 5) is 18.8. The number of nitrogen functional groups attached to an aromatic ring is 1. The van der Waals surface area contributed by atoms with Crippen LogP contribution >= 0.6 is 0 Å². The number of amides is 1. The van der Waals surface area contributed by atoms with E-state index in [1.54, 1.807) is 12.3 Å². The Hall–Kier alpha value is -3.35. The van der Waals surface area contributed by atoms with Crippen LogP contribution in [-0.4, -0.2) is 35.8 Å². The number of ether oxygens (including phenoxy) is 1. The van der Waals surface area contributed by atoms with Gasteiger partial charge in [-0.2, -0.15) is 0 Å². The summed E-state index contributed by atoms with van der Waals surface area (Å²) in [5.41, 5.74) is 8.65. The number of pyridine rings is 1. The molecule has 6 nitrogen and oxygen atoms in total. The summed E-state index contributed by atoms with van der Waals surface area (Å²) in [7, 11) is 0. The first kappa shape index (κ1) is 22.8. The molecule has 0 aliphatic carbocycles. The third-order valence-corrected chi connectivity index (χ3v) is 5.83. The molecule has 1 atom stereocenters. The number of halogens is 1. The Labute approximate surface area is 193 Å². The summed E-state index contributed by atoms with van der Waals surface area (Å²) in [6.45, 7) is 8.90. The van der Waals surface area contributed by atoms with E-state index < -0.39 is 11.7 Å². The second-order valence-electron chi connectivity index (χ2n) is 9.69. The third-order valence-electron chi connectivity index (χ3n) is 5.83. The number of hydrogen-bond donors (Lipinski definition) is 2. The SMILES string of the molecule is Cc1cccc(F)c1-c1cc(N2CCC[C@H](NC(=O)OC(C)(C)C)C2)c2cc(N)ncc2c1. The van der Waals surface area contributed by atoms with Gasteiger partial charge in [0.15, 0.2) is 0 Å². The molecule has 33 heavy (non-hydrogen) atoms. The number of aromatic nitrogens is 1. The Kier molecular flexibility index (Phi) is 6.15. The number of benzene rings is 2. The van der Waals surface area contributed by atoms with Crippen molar-refractivity contribution in [3.05, 3.63) is 54.0 Å². The predicted octanol–water partition coefficient (Wildman–Crippen LogP) is 5.43. The van der Waals surface area contributed by atoms with Crippen molar-refractivity contribution in [3.63, 3.8) is 0 Å². The van der Waals surface area contributed by atoms with Crippen LogP contribution < -0.4 is 16.0 Å². The van der Waals surface area contributed by atoms with E-state index in [9.17, 15) is 9.18 Å². The molecule has 0 spiro atoms. The highest BCUT2D eigenvalue weighted by molar-refractivity contribution is 5.99. The van der Waals surface area contributed by atoms with Crippen LogP contribution in [0.1, 0.15) is 39.2 Å². The van der Waals surface area contributed by atoms with Gasteiger partial charge in [-0.05, 0) is 75.9 Å². The number of nitrogens with one attached hydrogen (secondary N) is 1. The third kappa shape index (κ3) is 5.18. The Balaban J connectivity index is 1.71. The van der Waals surface area contributed by atoms with Crippen LogP contribution in [0.5, 0.6) is 0 Å². The second kappa shape index (κ2) is 8.89. The predicted molar refractivity (Wildman–Crippen MR) is 131 cm³/mol. The van der Waals surface area contributed by atoms with Gasteiger partial charge in [0.25, 0.3) is 0 Å². The monoisotopic (exact) mass is 450 g/mol. The molecule has 174 valence electrons. The fraction of sp³-hybridized carbons (Fsp3) is 0.385. The lowest BCUT2D eigenvalue weighted by molar-refractivity contribution is 0.0500. The van der Waals surface area contributed by atoms with Crippen LogP contribution in [0, 0.1) is 12.7 Å². The molecule has 1 aromatic heterocycles. The average molecular weight is 451 g/mol. The number of piperidine rings is 1. The highest BCUT2D eigenvalue weighted by atomic mass is 19.1. The normalized spacial score (nSPS) is 16.6. The Morgan fingerprint density at radius 1 is 1.27 bits per heavy atom. The Bertz CT molecular complexity index is 1170. The van der Waals surface area contributed by atoms with E-state index in [1.807, 2.05) is 52.0 Å². The van der Waals surface area contributed by atoms with Crippen molar-refractivity contribution in [2.24, 2.45) is 0 Å². The summed E-state index contributed by atoms with van der Waals surface area (Å²) in [5.74, 6) is 0.172. The maximum Gasteiger partial charge on any atom is 0.407 e. The molecule has 1 fully saturated rings. The van der Waals surface area contributed by atoms with Crippen LogP contribution in [0.25, 0.3) is 21.9 Å². The molecule has 0 radical (unpaired) electrons. The first-order valence-corrected chi connectivity index (χ1v) is 11.3. The van der Waals surface area contributed by atoms with Gasteiger partial charge in [-0.15, -0.1) is 0 Å². The number of alkyl carbamates (subject to hydrolysis) is 1. The number of carbonyl (C=O) groups excluding carboxylic acids is 1. The fourth-order valence-electron chi connectivity index (χ4n) is 4.44. The number of nitrogens with two attached hydrogens (primary N) is 1. The van der Waals surface area contributed by atoms with E-state index >= 15 is 0 Å². The van der Waals surface area contributed by atoms with Crippen molar-refractivity contribution < 1.29 is 13.9 Å². The minimum absolute atomic E-state index is 0.0540. The first-order valence-electron chi connectivity index (χ1n) is 11.3. The molecule has 2 heterocycles. The van der Waals surface area contributed by atoms with Gasteiger partial charge in [0.2, 0.25) is 0 Å². The van der Waals surface area contributed by atoms with Crippen LogP contribution in [0.3, 0.4) is 0 Å². The van der Waals surface area contributed by atoms with E-state index in [2.05, 4.69) is 15.2 Å². The largest absolute Gasteiger partial charge is 0.444 e. The second-order valence-corrected chi connectivity index (χ2v) is 9.69. The van der Waals surface area contributed by atoms with Crippen LogP contribution in [-0.2, 0) is 4.74 Å². The molecule has 1 amide bonds. The topological polar surface area (TPSA) is 80.5 Å². The lowest BCUT2D eigenvalue weighted by Gasteiger charge is -2.36. The van der Waals surface area contributed by atoms with E-state index in [0.29, 0.717) is 17.9 Å². The number of fused-ring (bicyclic) bond motifs is 1. The first-order chi connectivity index (χ1) is 15.6. The van der Waals surface area contributed by atoms with Gasteiger partial charge < -0.3 is 20.7 Å². The number of anilines is 2. The molecule has 1 aliphatic heterocycles. The number of carbonyl (C=O) groups is 1. The van der Waals surface area contributed by atoms with Gasteiger partial charge in [-0.1, -0.05) is 12.1 Å². The van der Waals surface area contributed by atoms with Crippen LogP contribution in [0.2, 0.25) is 0 Å². The van der Waals surface area contributed by atoms with E-state index in [4.69, 9.17) is 10.5 Å². The smallest absolute Gasteiger partial charge is 0.407 e. The van der Waals surface area contributed by atoms with Gasteiger partial charge in [0.05, 0.1) is 0 Å². The highest BCUT2D eigenvalue weighted by Crippen LogP contribution is 2.37. The van der Waals surface area contributed by atoms with Crippen molar-refractivity contribution in [1.82, 2.24) is 10.3 Å². The number of rotatable bonds is 3. The maximum atomic E-state index is 14.8. The summed E-state index contributed by atoms with van der Waals surface area (Å²) in [6.07, 6.45) is 3.09. The van der Waals surface area contributed by atoms with Gasteiger partial charge in [0.1, 0.15) is 17.2 Å². The molecular weight excluding hydrogens is 419 g/mol. The van der Waals surface area contributed by atoms with Crippen LogP contribution in [0.15, 0.2) is 42.6 Å². The molecule has 3 N–H and O–H groups in total. The molecular formula is C26H31FN4O2. The molecule has 0 saturated carbocycles. The average Bonchev–Trinajstić information content (AvgIpc) is 2.72. The standard InChI is InChI=1S/C26H31FN4O2/c1-16-7-5-9-21(27)24(16)17-11-18-14-29-23(28)13-20(18)22(12-17)31-10-6-8-19(15-31)30-25(32)33-26(2,3)4/h5,7,9,11-14,19H,6,8,10,15H2,1-4H3,(H2,28,29)(H,30,32)/t19-/m0/s1. The molecule has 0 unspecified atom stereocenters. The summed E-state index contributed by atoms with van der Waals surface area (Å²) in [5, 5.41) is 4.85. The fourth-order valence-corrected chi connectivity index (χ4v) is 4.44. The summed E-state index contributed by atoms with van der Waals surface area (Å²) in [6, 6.07) is 10.9. The van der Waals surface area contributed by atoms with E-state index in [-0.39, 0.29) is 11.9 Å². The van der Waals surface area contributed by atoms with Gasteiger partial charge in [-0.25, -0.2) is 14.2 Å². The zero-order chi connectivity index (χ0) is 23.8. The maximum absolute atomic E-state index is 14.8. The lowest BCUT2D eigenvalue weighted by Crippen LogP contribution is -2.49. The number of aryl methyl sites for hydroxylation is 1. The van der Waals surface area contributed by atoms with Gasteiger partial charge in [-0.3, -0.25) is 0 Å². The molecule has 0 bridgehead atoms. The minimum Gasteiger partial charge on any atom is -0.444 e. The minimum atomic E-state index is -0.550. The highest BCUT2D eigenvalue weighted by Gasteiger charge is 2.26. The molecule has 1 aliphatic rings. The van der Waals surface area contributed by atoms with Crippen molar-refractivity contribution in [2.75, 3.05) is 23.7 Å². The lowest BCUT2D eigenvalue weighted by atomic mass is 9.95. The van der Waals surface area contributed by atoms with Crippen molar-refractivity contribution >= 4 is 28.4 Å². The van der Waals surface area contributed by atoms with Crippen LogP contribution in [0.4, 0.5) is 20.7 Å².